The van der Waals surface area contributed by atoms with Crippen molar-refractivity contribution in [3.63, 3.8) is 0 Å². The van der Waals surface area contributed by atoms with E-state index in [0.717, 1.165) is 0 Å². The fraction of sp³-hybridized carbons (Fsp3) is 0.250. The lowest BCUT2D eigenvalue weighted by atomic mass is 10.2. The van der Waals surface area contributed by atoms with Crippen LogP contribution in [0.2, 0.25) is 0 Å². The third-order valence-corrected chi connectivity index (χ3v) is 1.62. The van der Waals surface area contributed by atoms with Crippen LogP contribution in [0.3, 0.4) is 0 Å². The molecule has 0 fully saturated rings. The van der Waals surface area contributed by atoms with Crippen molar-refractivity contribution in [2.45, 2.75) is 6.18 Å². The zero-order valence-corrected chi connectivity index (χ0v) is 7.04. The Labute approximate surface area is 76.5 Å². The molecule has 0 bridgehead atoms. The molecule has 0 aliphatic rings. The Bertz CT molecular complexity index is 344. The van der Waals surface area contributed by atoms with E-state index in [0.29, 0.717) is 6.07 Å². The van der Waals surface area contributed by atoms with Gasteiger partial charge in [-0.05, 0) is 12.1 Å². The topological polar surface area (TPSA) is 12.0 Å². The first kappa shape index (κ1) is 10.7. The smallest absolute Gasteiger partial charge is 0.386 e. The van der Waals surface area contributed by atoms with E-state index >= 15 is 0 Å². The molecule has 0 atom stereocenters. The Morgan fingerprint density at radius 1 is 1.14 bits per heavy atom. The maximum Gasteiger partial charge on any atom is 0.416 e. The molecule has 1 aromatic rings. The molecule has 0 radical (unpaired) electrons. The van der Waals surface area contributed by atoms with Crippen LogP contribution in [0.1, 0.15) is 5.56 Å². The molecule has 1 N–H and O–H groups in total. The van der Waals surface area contributed by atoms with Gasteiger partial charge in [-0.2, -0.15) is 13.2 Å². The molecule has 0 unspecified atom stereocenters. The Morgan fingerprint density at radius 2 is 1.71 bits per heavy atom. The molecule has 0 aromatic heterocycles. The lowest BCUT2D eigenvalue weighted by molar-refractivity contribution is -0.137. The molecule has 6 heteroatoms. The van der Waals surface area contributed by atoms with Crippen molar-refractivity contribution in [1.82, 2.24) is 0 Å². The number of benzene rings is 1. The SMILES string of the molecule is CNc1cc(C(F)(F)F)cc(F)c1F. The number of hydrogen-bond donors (Lipinski definition) is 1. The number of alkyl halides is 3. The van der Waals surface area contributed by atoms with E-state index in [9.17, 15) is 22.0 Å². The van der Waals surface area contributed by atoms with Crippen molar-refractivity contribution in [1.29, 1.82) is 0 Å². The summed E-state index contributed by atoms with van der Waals surface area (Å²) in [6.45, 7) is 0. The molecule has 0 spiro atoms. The number of nitrogens with one attached hydrogen (secondary N) is 1. The number of rotatable bonds is 1. The van der Waals surface area contributed by atoms with Gasteiger partial charge in [0.25, 0.3) is 0 Å². The van der Waals surface area contributed by atoms with Crippen LogP contribution in [-0.2, 0) is 6.18 Å². The Balaban J connectivity index is 3.30. The maximum absolute atomic E-state index is 12.8. The van der Waals surface area contributed by atoms with Gasteiger partial charge in [-0.25, -0.2) is 8.78 Å². The molecule has 14 heavy (non-hydrogen) atoms. The molecule has 0 saturated carbocycles. The minimum Gasteiger partial charge on any atom is -0.386 e. The summed E-state index contributed by atoms with van der Waals surface area (Å²) < 4.78 is 61.7. The average Bonchev–Trinajstić information content (AvgIpc) is 2.07. The Hall–Kier alpha value is -1.33. The molecular weight excluding hydrogens is 205 g/mol. The fourth-order valence-electron chi connectivity index (χ4n) is 0.935. The standard InChI is InChI=1S/C8H6F5N/c1-14-6-3-4(8(11,12)13)2-5(9)7(6)10/h2-3,14H,1H3. The third-order valence-electron chi connectivity index (χ3n) is 1.62. The molecule has 1 aromatic carbocycles. The van der Waals surface area contributed by atoms with E-state index < -0.39 is 29.1 Å². The minimum atomic E-state index is -4.68. The molecule has 78 valence electrons. The van der Waals surface area contributed by atoms with Gasteiger partial charge in [-0.3, -0.25) is 0 Å². The minimum absolute atomic E-state index is 0.121. The normalized spacial score (nSPS) is 11.6. The number of halogens is 5. The van der Waals surface area contributed by atoms with E-state index in [4.69, 9.17) is 0 Å². The zero-order valence-electron chi connectivity index (χ0n) is 7.04. The van der Waals surface area contributed by atoms with Crippen LogP contribution < -0.4 is 5.32 Å². The Morgan fingerprint density at radius 3 is 2.14 bits per heavy atom. The van der Waals surface area contributed by atoms with Crippen molar-refractivity contribution in [3.8, 4) is 0 Å². The summed E-state index contributed by atoms with van der Waals surface area (Å²) >= 11 is 0. The summed E-state index contributed by atoms with van der Waals surface area (Å²) in [6.07, 6.45) is -4.68. The molecule has 1 rings (SSSR count). The van der Waals surface area contributed by atoms with Gasteiger partial charge in [0.2, 0.25) is 0 Å². The fourth-order valence-corrected chi connectivity index (χ4v) is 0.935. The van der Waals surface area contributed by atoms with Crippen LogP contribution in [0, 0.1) is 11.6 Å². The first-order valence-corrected chi connectivity index (χ1v) is 3.60. The maximum atomic E-state index is 12.8. The van der Waals surface area contributed by atoms with E-state index in [2.05, 4.69) is 5.32 Å². The van der Waals surface area contributed by atoms with Crippen molar-refractivity contribution in [2.75, 3.05) is 12.4 Å². The largest absolute Gasteiger partial charge is 0.416 e. The molecule has 1 nitrogen and oxygen atoms in total. The summed E-state index contributed by atoms with van der Waals surface area (Å²) in [5, 5.41) is 2.13. The van der Waals surface area contributed by atoms with Gasteiger partial charge in [0, 0.05) is 7.05 Å². The average molecular weight is 211 g/mol. The quantitative estimate of drug-likeness (QED) is 0.704. The van der Waals surface area contributed by atoms with Crippen LogP contribution >= 0.6 is 0 Å². The van der Waals surface area contributed by atoms with Gasteiger partial charge < -0.3 is 5.32 Å². The predicted molar refractivity (Wildman–Crippen MR) is 40.9 cm³/mol. The molecule has 0 saturated heterocycles. The van der Waals surface area contributed by atoms with Gasteiger partial charge in [-0.15, -0.1) is 0 Å². The highest BCUT2D eigenvalue weighted by molar-refractivity contribution is 5.48. The summed E-state index contributed by atoms with van der Waals surface area (Å²) in [4.78, 5) is 0. The monoisotopic (exact) mass is 211 g/mol. The second-order valence-electron chi connectivity index (χ2n) is 2.57. The van der Waals surface area contributed by atoms with Crippen molar-refractivity contribution in [3.05, 3.63) is 29.3 Å². The lowest BCUT2D eigenvalue weighted by Crippen LogP contribution is -2.08. The first-order valence-electron chi connectivity index (χ1n) is 3.60. The molecule has 0 aliphatic heterocycles. The predicted octanol–water partition coefficient (Wildman–Crippen LogP) is 3.03. The number of hydrogen-bond acceptors (Lipinski definition) is 1. The highest BCUT2D eigenvalue weighted by atomic mass is 19.4. The highest BCUT2D eigenvalue weighted by Gasteiger charge is 2.32. The van der Waals surface area contributed by atoms with Crippen LogP contribution in [0.5, 0.6) is 0 Å². The molecule has 0 amide bonds. The van der Waals surface area contributed by atoms with E-state index in [1.54, 1.807) is 0 Å². The summed E-state index contributed by atoms with van der Waals surface area (Å²) in [5.41, 5.74) is -1.74. The van der Waals surface area contributed by atoms with Crippen LogP contribution in [-0.4, -0.2) is 7.05 Å². The second-order valence-corrected chi connectivity index (χ2v) is 2.57. The second kappa shape index (κ2) is 3.43. The third kappa shape index (κ3) is 1.94. The van der Waals surface area contributed by atoms with Gasteiger partial charge in [-0.1, -0.05) is 0 Å². The first-order chi connectivity index (χ1) is 6.36. The van der Waals surface area contributed by atoms with Gasteiger partial charge >= 0.3 is 6.18 Å². The van der Waals surface area contributed by atoms with Crippen molar-refractivity contribution < 1.29 is 22.0 Å². The highest BCUT2D eigenvalue weighted by Crippen LogP contribution is 2.32. The zero-order chi connectivity index (χ0) is 10.9. The van der Waals surface area contributed by atoms with Crippen LogP contribution in [0.15, 0.2) is 12.1 Å². The van der Waals surface area contributed by atoms with Gasteiger partial charge in [0.05, 0.1) is 11.3 Å². The Kier molecular flexibility index (Phi) is 2.64. The summed E-state index contributed by atoms with van der Waals surface area (Å²) in [6, 6.07) is 0.634. The van der Waals surface area contributed by atoms with E-state index in [1.807, 2.05) is 0 Å². The van der Waals surface area contributed by atoms with E-state index in [-0.39, 0.29) is 6.07 Å². The lowest BCUT2D eigenvalue weighted by Gasteiger charge is -2.10. The van der Waals surface area contributed by atoms with E-state index in [1.165, 1.54) is 7.05 Å². The summed E-state index contributed by atoms with van der Waals surface area (Å²) in [7, 11) is 1.21. The summed E-state index contributed by atoms with van der Waals surface area (Å²) in [5.74, 6) is -2.84. The van der Waals surface area contributed by atoms with Crippen LogP contribution in [0.4, 0.5) is 27.6 Å². The van der Waals surface area contributed by atoms with Gasteiger partial charge in [0.1, 0.15) is 0 Å². The van der Waals surface area contributed by atoms with Crippen LogP contribution in [0.25, 0.3) is 0 Å². The van der Waals surface area contributed by atoms with Crippen molar-refractivity contribution >= 4 is 5.69 Å². The molecule has 0 heterocycles. The molecule has 0 aliphatic carbocycles. The van der Waals surface area contributed by atoms with Crippen molar-refractivity contribution in [2.24, 2.45) is 0 Å². The molecular formula is C8H6F5N. The number of anilines is 1. The van der Waals surface area contributed by atoms with Gasteiger partial charge in [0.15, 0.2) is 11.6 Å².